The maximum atomic E-state index is 13.7. The minimum Gasteiger partial charge on any atom is -0.490 e. The SMILES string of the molecule is C=C1/C(=C\C(Cl)=C/C)CCC[C@]12COc1ccc3cc1N(C[C@@H]1CC[C@H]1[C@@](O)(CC(=O)N1CCCCC1)CCC[C@H](C)[C@@H](C)S(=O)(=O)NC3=O)C2. The Bertz CT molecular complexity index is 1690. The van der Waals surface area contributed by atoms with E-state index in [1.165, 1.54) is 0 Å². The number of aliphatic hydroxyl groups is 1. The summed E-state index contributed by atoms with van der Waals surface area (Å²) in [4.78, 5) is 31.5. The van der Waals surface area contributed by atoms with Gasteiger partial charge in [0.1, 0.15) is 5.75 Å². The second-order valence-corrected chi connectivity index (χ2v) is 18.5. The van der Waals surface area contributed by atoms with E-state index in [1.807, 2.05) is 30.9 Å². The minimum atomic E-state index is -4.00. The van der Waals surface area contributed by atoms with Gasteiger partial charge in [-0.25, -0.2) is 13.1 Å². The van der Waals surface area contributed by atoms with E-state index in [-0.39, 0.29) is 35.6 Å². The van der Waals surface area contributed by atoms with E-state index in [2.05, 4.69) is 16.2 Å². The number of allylic oxidation sites excluding steroid dienone is 4. The number of hydrogen-bond donors (Lipinski definition) is 2. The molecule has 2 N–H and O–H groups in total. The summed E-state index contributed by atoms with van der Waals surface area (Å²) < 4.78 is 35.9. The normalized spacial score (nSPS) is 34.2. The summed E-state index contributed by atoms with van der Waals surface area (Å²) in [5.74, 6) is -0.277. The predicted molar refractivity (Wildman–Crippen MR) is 202 cm³/mol. The molecule has 5 aliphatic rings. The lowest BCUT2D eigenvalue weighted by Crippen LogP contribution is -2.54. The van der Waals surface area contributed by atoms with Crippen molar-refractivity contribution < 1.29 is 27.9 Å². The number of sulfonamides is 1. The van der Waals surface area contributed by atoms with Gasteiger partial charge in [0.2, 0.25) is 15.9 Å². The highest BCUT2D eigenvalue weighted by Crippen LogP contribution is 2.51. The summed E-state index contributed by atoms with van der Waals surface area (Å²) in [6.07, 6.45) is 13.0. The van der Waals surface area contributed by atoms with Crippen LogP contribution in [0.25, 0.3) is 0 Å². The Kier molecular flexibility index (Phi) is 11.4. The third kappa shape index (κ3) is 7.93. The van der Waals surface area contributed by atoms with Crippen LogP contribution in [0.2, 0.25) is 0 Å². The first-order chi connectivity index (χ1) is 24.2. The third-order valence-corrected chi connectivity index (χ3v) is 15.0. The molecular formula is C40H56ClN3O6S. The monoisotopic (exact) mass is 741 g/mol. The van der Waals surface area contributed by atoms with Gasteiger partial charge in [-0.3, -0.25) is 9.59 Å². The van der Waals surface area contributed by atoms with Crippen molar-refractivity contribution in [1.29, 1.82) is 0 Å². The highest BCUT2D eigenvalue weighted by Gasteiger charge is 2.50. The van der Waals surface area contributed by atoms with Gasteiger partial charge in [-0.15, -0.1) is 0 Å². The molecule has 6 atom stereocenters. The second kappa shape index (κ2) is 15.3. The van der Waals surface area contributed by atoms with Gasteiger partial charge < -0.3 is 19.6 Å². The number of benzene rings is 1. The molecule has 0 radical (unpaired) electrons. The van der Waals surface area contributed by atoms with Crippen molar-refractivity contribution >= 4 is 39.1 Å². The molecule has 0 unspecified atom stereocenters. The lowest BCUT2D eigenvalue weighted by atomic mass is 9.61. The topological polar surface area (TPSA) is 116 Å². The molecule has 1 aromatic carbocycles. The van der Waals surface area contributed by atoms with Gasteiger partial charge >= 0.3 is 0 Å². The van der Waals surface area contributed by atoms with Crippen molar-refractivity contribution in [2.24, 2.45) is 23.2 Å². The molecule has 2 aliphatic carbocycles. The number of carbonyl (C=O) groups excluding carboxylic acids is 2. The van der Waals surface area contributed by atoms with Crippen LogP contribution >= 0.6 is 11.6 Å². The molecule has 11 heteroatoms. The highest BCUT2D eigenvalue weighted by molar-refractivity contribution is 7.90. The number of nitrogens with one attached hydrogen (secondary N) is 1. The molecule has 1 aromatic rings. The molecular weight excluding hydrogens is 686 g/mol. The van der Waals surface area contributed by atoms with E-state index in [1.54, 1.807) is 25.1 Å². The number of anilines is 1. The predicted octanol–water partition coefficient (Wildman–Crippen LogP) is 7.11. The van der Waals surface area contributed by atoms with Crippen molar-refractivity contribution in [2.75, 3.05) is 37.7 Å². The molecule has 2 bridgehead atoms. The van der Waals surface area contributed by atoms with Crippen LogP contribution in [0.4, 0.5) is 5.69 Å². The molecule has 51 heavy (non-hydrogen) atoms. The minimum absolute atomic E-state index is 0.0127. The van der Waals surface area contributed by atoms with Crippen LogP contribution in [-0.2, 0) is 14.8 Å². The fourth-order valence-electron chi connectivity index (χ4n) is 9.16. The van der Waals surface area contributed by atoms with Crippen LogP contribution < -0.4 is 14.4 Å². The van der Waals surface area contributed by atoms with Crippen LogP contribution in [0.5, 0.6) is 5.75 Å². The molecule has 280 valence electrons. The van der Waals surface area contributed by atoms with E-state index in [9.17, 15) is 23.1 Å². The number of hydrogen-bond acceptors (Lipinski definition) is 7. The number of piperidine rings is 1. The van der Waals surface area contributed by atoms with E-state index in [0.717, 1.165) is 81.3 Å². The van der Waals surface area contributed by atoms with Crippen LogP contribution in [0.3, 0.4) is 0 Å². The Balaban J connectivity index is 1.39. The number of halogens is 1. The first-order valence-corrected chi connectivity index (χ1v) is 21.0. The van der Waals surface area contributed by atoms with Crippen LogP contribution in [0.15, 0.2) is 53.1 Å². The first-order valence-electron chi connectivity index (χ1n) is 19.1. The summed E-state index contributed by atoms with van der Waals surface area (Å²) >= 11 is 6.49. The number of nitrogens with zero attached hydrogens (tertiary/aromatic N) is 2. The summed E-state index contributed by atoms with van der Waals surface area (Å²) in [7, 11) is -4.00. The zero-order valence-corrected chi connectivity index (χ0v) is 32.2. The van der Waals surface area contributed by atoms with Gasteiger partial charge in [0.15, 0.2) is 0 Å². The van der Waals surface area contributed by atoms with Gasteiger partial charge in [0, 0.05) is 42.2 Å². The second-order valence-electron chi connectivity index (χ2n) is 16.0. The van der Waals surface area contributed by atoms with Crippen molar-refractivity contribution in [3.05, 3.63) is 58.7 Å². The Morgan fingerprint density at radius 3 is 2.59 bits per heavy atom. The van der Waals surface area contributed by atoms with Crippen molar-refractivity contribution in [3.63, 3.8) is 0 Å². The molecule has 2 saturated carbocycles. The van der Waals surface area contributed by atoms with Gasteiger partial charge in [0.05, 0.1) is 29.6 Å². The van der Waals surface area contributed by atoms with E-state index < -0.39 is 32.2 Å². The van der Waals surface area contributed by atoms with Crippen molar-refractivity contribution in [1.82, 2.24) is 9.62 Å². The lowest BCUT2D eigenvalue weighted by molar-refractivity contribution is -0.146. The zero-order valence-electron chi connectivity index (χ0n) is 30.6. The Morgan fingerprint density at radius 1 is 1.12 bits per heavy atom. The van der Waals surface area contributed by atoms with Crippen LogP contribution in [0, 0.1) is 23.2 Å². The number of carbonyl (C=O) groups is 2. The number of likely N-dealkylation sites (tertiary alicyclic amines) is 1. The quantitative estimate of drug-likeness (QED) is 0.339. The summed E-state index contributed by atoms with van der Waals surface area (Å²) in [6.45, 7) is 13.1. The van der Waals surface area contributed by atoms with Gasteiger partial charge in [0.25, 0.3) is 5.91 Å². The van der Waals surface area contributed by atoms with Crippen LogP contribution in [0.1, 0.15) is 108 Å². The van der Waals surface area contributed by atoms with E-state index >= 15 is 0 Å². The number of amides is 2. The molecule has 0 aromatic heterocycles. The molecule has 1 spiro atoms. The Hall–Kier alpha value is -2.82. The number of rotatable bonds is 3. The molecule has 6 rings (SSSR count). The maximum Gasteiger partial charge on any atom is 0.264 e. The number of ether oxygens (including phenoxy) is 1. The lowest BCUT2D eigenvalue weighted by Gasteiger charge is -2.50. The van der Waals surface area contributed by atoms with E-state index in [4.69, 9.17) is 16.3 Å². The van der Waals surface area contributed by atoms with E-state index in [0.29, 0.717) is 49.7 Å². The Labute approximate surface area is 309 Å². The molecule has 3 fully saturated rings. The average molecular weight is 742 g/mol. The standard InChI is InChI=1S/C40H56ClN3O6S/c1-5-33(41)21-30-12-10-17-39(28(30)3)25-44-24-32-13-15-34(32)40(47,23-37(45)43-19-7-6-8-20-43)18-9-11-27(2)29(4)51(48,49)42-38(46)31-14-16-36(50-26-39)35(44)22-31/h5,14,16,21-22,27,29,32,34,47H,3,6-13,15,17-20,23-26H2,1-2,4H3,(H,42,46)/b30-21-,33-5+/t27-,29+,32-,34+,39-,40-/m0/s1. The molecule has 1 saturated heterocycles. The summed E-state index contributed by atoms with van der Waals surface area (Å²) in [5.41, 5.74) is 1.43. The zero-order chi connectivity index (χ0) is 36.6. The molecule has 2 amide bonds. The maximum absolute atomic E-state index is 13.7. The van der Waals surface area contributed by atoms with Crippen molar-refractivity contribution in [2.45, 2.75) is 109 Å². The average Bonchev–Trinajstić information content (AvgIpc) is 3.24. The van der Waals surface area contributed by atoms with Crippen molar-refractivity contribution in [3.8, 4) is 5.75 Å². The first kappa shape index (κ1) is 37.9. The van der Waals surface area contributed by atoms with Crippen LogP contribution in [-0.4, -0.2) is 73.9 Å². The summed E-state index contributed by atoms with van der Waals surface area (Å²) in [5, 5.41) is 12.4. The number of fused-ring (bicyclic) bond motifs is 2. The molecule has 3 heterocycles. The smallest absolute Gasteiger partial charge is 0.264 e. The third-order valence-electron chi connectivity index (χ3n) is 12.8. The highest BCUT2D eigenvalue weighted by atomic mass is 35.5. The fourth-order valence-corrected chi connectivity index (χ4v) is 10.6. The van der Waals surface area contributed by atoms with Gasteiger partial charge in [-0.05, 0) is 131 Å². The summed E-state index contributed by atoms with van der Waals surface area (Å²) in [6, 6.07) is 5.14. The van der Waals surface area contributed by atoms with Gasteiger partial charge in [-0.2, -0.15) is 0 Å². The molecule has 9 nitrogen and oxygen atoms in total. The molecule has 3 aliphatic heterocycles. The van der Waals surface area contributed by atoms with Gasteiger partial charge in [-0.1, -0.05) is 37.6 Å². The Morgan fingerprint density at radius 2 is 1.88 bits per heavy atom. The largest absolute Gasteiger partial charge is 0.490 e. The fraction of sp³-hybridized carbons (Fsp3) is 0.650.